The molecule has 1 aliphatic heterocycles. The molecular formula is C15H20F2N2O3. The van der Waals surface area contributed by atoms with Crippen LogP contribution in [0.3, 0.4) is 0 Å². The maximum Gasteiger partial charge on any atom is 0.387 e. The lowest BCUT2D eigenvalue weighted by molar-refractivity contribution is -0.0498. The molecule has 1 aromatic rings. The zero-order valence-electron chi connectivity index (χ0n) is 12.3. The number of ether oxygens (including phenoxy) is 2. The Hall–Kier alpha value is -1.73. The van der Waals surface area contributed by atoms with Gasteiger partial charge >= 0.3 is 6.61 Å². The summed E-state index contributed by atoms with van der Waals surface area (Å²) in [6.07, 6.45) is 0.859. The lowest BCUT2D eigenvalue weighted by Gasteiger charge is -2.26. The van der Waals surface area contributed by atoms with Crippen LogP contribution in [0.1, 0.15) is 16.8 Å². The van der Waals surface area contributed by atoms with E-state index in [0.717, 1.165) is 39.3 Å². The van der Waals surface area contributed by atoms with E-state index in [0.29, 0.717) is 12.1 Å². The van der Waals surface area contributed by atoms with E-state index in [-0.39, 0.29) is 11.7 Å². The maximum atomic E-state index is 12.0. The Morgan fingerprint density at radius 3 is 2.59 bits per heavy atom. The zero-order chi connectivity index (χ0) is 15.8. The number of hydrogen-bond donors (Lipinski definition) is 1. The fourth-order valence-electron chi connectivity index (χ4n) is 2.22. The van der Waals surface area contributed by atoms with E-state index in [1.807, 2.05) is 0 Å². The summed E-state index contributed by atoms with van der Waals surface area (Å²) in [5.74, 6) is -0.176. The molecule has 0 aromatic heterocycles. The second-order valence-corrected chi connectivity index (χ2v) is 4.97. The van der Waals surface area contributed by atoms with E-state index < -0.39 is 6.61 Å². The molecule has 0 atom stereocenters. The van der Waals surface area contributed by atoms with Gasteiger partial charge in [0.2, 0.25) is 0 Å². The van der Waals surface area contributed by atoms with Crippen molar-refractivity contribution in [2.45, 2.75) is 13.0 Å². The van der Waals surface area contributed by atoms with E-state index in [1.165, 1.54) is 24.3 Å². The third-order valence-corrected chi connectivity index (χ3v) is 3.38. The number of morpholine rings is 1. The molecule has 1 heterocycles. The Kier molecular flexibility index (Phi) is 6.54. The van der Waals surface area contributed by atoms with Crippen molar-refractivity contribution in [3.05, 3.63) is 29.8 Å². The van der Waals surface area contributed by atoms with Crippen molar-refractivity contribution in [2.75, 3.05) is 39.4 Å². The monoisotopic (exact) mass is 314 g/mol. The van der Waals surface area contributed by atoms with Crippen LogP contribution >= 0.6 is 0 Å². The minimum Gasteiger partial charge on any atom is -0.435 e. The average molecular weight is 314 g/mol. The third-order valence-electron chi connectivity index (χ3n) is 3.38. The predicted molar refractivity (Wildman–Crippen MR) is 77.3 cm³/mol. The highest BCUT2D eigenvalue weighted by Gasteiger charge is 2.10. The summed E-state index contributed by atoms with van der Waals surface area (Å²) < 4.78 is 33.6. The standard InChI is InChI=1S/C15H20F2N2O3/c16-15(17)22-13-4-2-12(3-5-13)14(20)18-6-1-7-19-8-10-21-11-9-19/h2-5,15H,1,6-11H2,(H,18,20). The predicted octanol–water partition coefficient (Wildman–Crippen LogP) is 1.74. The molecule has 0 spiro atoms. The molecule has 0 radical (unpaired) electrons. The van der Waals surface area contributed by atoms with Gasteiger partial charge in [-0.25, -0.2) is 0 Å². The summed E-state index contributed by atoms with van der Waals surface area (Å²) >= 11 is 0. The van der Waals surface area contributed by atoms with Gasteiger partial charge in [0.05, 0.1) is 13.2 Å². The van der Waals surface area contributed by atoms with Crippen LogP contribution in [0.15, 0.2) is 24.3 Å². The lowest BCUT2D eigenvalue weighted by Crippen LogP contribution is -2.38. The fourth-order valence-corrected chi connectivity index (χ4v) is 2.22. The summed E-state index contributed by atoms with van der Waals surface area (Å²) in [4.78, 5) is 14.2. The molecule has 1 amide bonds. The van der Waals surface area contributed by atoms with Crippen molar-refractivity contribution in [3.8, 4) is 5.75 Å². The van der Waals surface area contributed by atoms with Crippen LogP contribution in [0, 0.1) is 0 Å². The SMILES string of the molecule is O=C(NCCCN1CCOCC1)c1ccc(OC(F)F)cc1. The lowest BCUT2D eigenvalue weighted by atomic mass is 10.2. The largest absolute Gasteiger partial charge is 0.435 e. The summed E-state index contributed by atoms with van der Waals surface area (Å²) in [6, 6.07) is 5.65. The molecule has 1 aliphatic rings. The molecule has 1 saturated heterocycles. The molecule has 0 bridgehead atoms. The number of amides is 1. The number of nitrogens with one attached hydrogen (secondary N) is 1. The van der Waals surface area contributed by atoms with Crippen LogP contribution in [-0.2, 0) is 4.74 Å². The molecule has 0 saturated carbocycles. The number of rotatable bonds is 7. The maximum absolute atomic E-state index is 12.0. The van der Waals surface area contributed by atoms with Crippen molar-refractivity contribution in [1.82, 2.24) is 10.2 Å². The highest BCUT2D eigenvalue weighted by molar-refractivity contribution is 5.94. The fraction of sp³-hybridized carbons (Fsp3) is 0.533. The normalized spacial score (nSPS) is 15.8. The first-order valence-electron chi connectivity index (χ1n) is 7.28. The summed E-state index contributed by atoms with van der Waals surface area (Å²) in [7, 11) is 0. The molecule has 7 heteroatoms. The van der Waals surface area contributed by atoms with Crippen LogP contribution in [0.5, 0.6) is 5.75 Å². The van der Waals surface area contributed by atoms with Gasteiger partial charge in [0.25, 0.3) is 5.91 Å². The summed E-state index contributed by atoms with van der Waals surface area (Å²) in [5.41, 5.74) is 0.424. The molecule has 122 valence electrons. The Bertz CT molecular complexity index is 462. The Morgan fingerprint density at radius 2 is 1.95 bits per heavy atom. The van der Waals surface area contributed by atoms with Gasteiger partial charge in [-0.1, -0.05) is 0 Å². The molecule has 0 unspecified atom stereocenters. The van der Waals surface area contributed by atoms with Gasteiger partial charge in [-0.2, -0.15) is 8.78 Å². The number of carbonyl (C=O) groups excluding carboxylic acids is 1. The number of alkyl halides is 2. The van der Waals surface area contributed by atoms with E-state index in [9.17, 15) is 13.6 Å². The molecule has 1 aromatic carbocycles. The number of carbonyl (C=O) groups is 1. The first-order valence-corrected chi connectivity index (χ1v) is 7.28. The number of benzene rings is 1. The average Bonchev–Trinajstić information content (AvgIpc) is 2.52. The van der Waals surface area contributed by atoms with Crippen LogP contribution < -0.4 is 10.1 Å². The first-order chi connectivity index (χ1) is 10.6. The Labute approximate surface area is 128 Å². The minimum absolute atomic E-state index is 0.0406. The van der Waals surface area contributed by atoms with Crippen molar-refractivity contribution < 1.29 is 23.0 Å². The second kappa shape index (κ2) is 8.65. The van der Waals surface area contributed by atoms with Gasteiger partial charge in [0.15, 0.2) is 0 Å². The van der Waals surface area contributed by atoms with Crippen LogP contribution in [0.25, 0.3) is 0 Å². The van der Waals surface area contributed by atoms with Crippen molar-refractivity contribution >= 4 is 5.91 Å². The third kappa shape index (κ3) is 5.57. The van der Waals surface area contributed by atoms with Crippen LogP contribution in [0.2, 0.25) is 0 Å². The first kappa shape index (κ1) is 16.6. The van der Waals surface area contributed by atoms with Crippen LogP contribution in [-0.4, -0.2) is 56.8 Å². The van der Waals surface area contributed by atoms with E-state index in [2.05, 4.69) is 15.0 Å². The zero-order valence-corrected chi connectivity index (χ0v) is 12.3. The van der Waals surface area contributed by atoms with Crippen molar-refractivity contribution in [3.63, 3.8) is 0 Å². The summed E-state index contributed by atoms with van der Waals surface area (Å²) in [5, 5.41) is 2.81. The van der Waals surface area contributed by atoms with Gasteiger partial charge < -0.3 is 14.8 Å². The number of halogens is 2. The molecular weight excluding hydrogens is 294 g/mol. The van der Waals surface area contributed by atoms with Gasteiger partial charge in [-0.3, -0.25) is 9.69 Å². The van der Waals surface area contributed by atoms with Gasteiger partial charge in [0.1, 0.15) is 5.75 Å². The highest BCUT2D eigenvalue weighted by Crippen LogP contribution is 2.14. The second-order valence-electron chi connectivity index (χ2n) is 4.97. The molecule has 2 rings (SSSR count). The van der Waals surface area contributed by atoms with Crippen LogP contribution in [0.4, 0.5) is 8.78 Å². The molecule has 22 heavy (non-hydrogen) atoms. The minimum atomic E-state index is -2.86. The van der Waals surface area contributed by atoms with Gasteiger partial charge in [-0.05, 0) is 37.2 Å². The van der Waals surface area contributed by atoms with E-state index >= 15 is 0 Å². The van der Waals surface area contributed by atoms with Gasteiger partial charge in [-0.15, -0.1) is 0 Å². The topological polar surface area (TPSA) is 50.8 Å². The van der Waals surface area contributed by atoms with Crippen molar-refractivity contribution in [2.24, 2.45) is 0 Å². The van der Waals surface area contributed by atoms with Crippen molar-refractivity contribution in [1.29, 1.82) is 0 Å². The number of nitrogens with zero attached hydrogens (tertiary/aromatic N) is 1. The Balaban J connectivity index is 1.68. The van der Waals surface area contributed by atoms with E-state index in [1.54, 1.807) is 0 Å². The molecule has 1 fully saturated rings. The molecule has 5 nitrogen and oxygen atoms in total. The molecule has 1 N–H and O–H groups in total. The quantitative estimate of drug-likeness (QED) is 0.779. The Morgan fingerprint density at radius 1 is 1.27 bits per heavy atom. The highest BCUT2D eigenvalue weighted by atomic mass is 19.3. The smallest absolute Gasteiger partial charge is 0.387 e. The summed E-state index contributed by atoms with van der Waals surface area (Å²) in [6.45, 7) is 2.02. The van der Waals surface area contributed by atoms with E-state index in [4.69, 9.17) is 4.74 Å². The molecule has 0 aliphatic carbocycles. The number of hydrogen-bond acceptors (Lipinski definition) is 4. The van der Waals surface area contributed by atoms with Gasteiger partial charge in [0, 0.05) is 25.2 Å².